The van der Waals surface area contributed by atoms with Crippen molar-refractivity contribution >= 4 is 23.6 Å². The maximum Gasteiger partial charge on any atom is 0.255 e. The number of nitrogens with zero attached hydrogens (tertiary/aromatic N) is 1. The Morgan fingerprint density at radius 2 is 1.65 bits per heavy atom. The second-order valence-electron chi connectivity index (χ2n) is 13.3. The summed E-state index contributed by atoms with van der Waals surface area (Å²) in [6.07, 6.45) is 10.1. The Bertz CT molecular complexity index is 1240. The molecule has 5 fully saturated rings. The van der Waals surface area contributed by atoms with Crippen LogP contribution < -0.4 is 10.6 Å². The zero-order valence-electron chi connectivity index (χ0n) is 23.2. The van der Waals surface area contributed by atoms with Crippen molar-refractivity contribution < 1.29 is 14.7 Å². The molecule has 1 saturated heterocycles. The fourth-order valence-corrected chi connectivity index (χ4v) is 9.88. The molecule has 2 unspecified atom stereocenters. The van der Waals surface area contributed by atoms with Gasteiger partial charge in [-0.25, -0.2) is 0 Å². The van der Waals surface area contributed by atoms with E-state index in [0.29, 0.717) is 30.4 Å². The van der Waals surface area contributed by atoms with E-state index in [1.807, 2.05) is 12.1 Å². The molecular weight excluding hydrogens is 518 g/mol. The molecule has 2 atom stereocenters. The van der Waals surface area contributed by atoms with E-state index in [1.54, 1.807) is 16.7 Å². The van der Waals surface area contributed by atoms with Crippen LogP contribution in [0.25, 0.3) is 0 Å². The van der Waals surface area contributed by atoms with E-state index in [1.165, 1.54) is 56.2 Å². The molecule has 6 nitrogen and oxygen atoms in total. The van der Waals surface area contributed by atoms with Crippen LogP contribution in [0.2, 0.25) is 0 Å². The number of hydrogen-bond acceptors (Lipinski definition) is 5. The van der Waals surface area contributed by atoms with Gasteiger partial charge in [0.15, 0.2) is 0 Å². The number of thioether (sulfide) groups is 1. The van der Waals surface area contributed by atoms with E-state index in [9.17, 15) is 14.7 Å². The third kappa shape index (κ3) is 5.21. The number of benzene rings is 2. The minimum Gasteiger partial charge on any atom is -0.374 e. The molecule has 40 heavy (non-hydrogen) atoms. The number of nitrogens with one attached hydrogen (secondary N) is 2. The van der Waals surface area contributed by atoms with Gasteiger partial charge in [0, 0.05) is 29.3 Å². The number of amides is 2. The summed E-state index contributed by atoms with van der Waals surface area (Å²) in [5.41, 5.74) is 4.96. The highest BCUT2D eigenvalue weighted by Gasteiger charge is 2.50. The first-order chi connectivity index (χ1) is 19.4. The van der Waals surface area contributed by atoms with Crippen molar-refractivity contribution in [2.24, 2.45) is 23.2 Å². The van der Waals surface area contributed by atoms with Crippen LogP contribution in [0.3, 0.4) is 0 Å². The van der Waals surface area contributed by atoms with Crippen LogP contribution in [0.5, 0.6) is 0 Å². The van der Waals surface area contributed by atoms with Crippen LogP contribution in [-0.4, -0.2) is 47.2 Å². The topological polar surface area (TPSA) is 81.7 Å². The molecule has 2 aromatic rings. The van der Waals surface area contributed by atoms with Gasteiger partial charge >= 0.3 is 0 Å². The van der Waals surface area contributed by atoms with Gasteiger partial charge in [-0.3, -0.25) is 9.59 Å². The molecule has 4 aliphatic carbocycles. The first-order valence-corrected chi connectivity index (χ1v) is 16.3. The monoisotopic (exact) mass is 559 g/mol. The van der Waals surface area contributed by atoms with Crippen LogP contribution in [0.4, 0.5) is 0 Å². The first kappa shape index (κ1) is 26.5. The van der Waals surface area contributed by atoms with Gasteiger partial charge in [-0.05, 0) is 116 Å². The van der Waals surface area contributed by atoms with Crippen LogP contribution >= 0.6 is 11.8 Å². The maximum atomic E-state index is 13.1. The molecule has 212 valence electrons. The quantitative estimate of drug-likeness (QED) is 0.301. The molecule has 0 aromatic heterocycles. The minimum absolute atomic E-state index is 0.0878. The van der Waals surface area contributed by atoms with Crippen molar-refractivity contribution in [1.82, 2.24) is 15.5 Å². The second-order valence-corrected chi connectivity index (χ2v) is 14.3. The van der Waals surface area contributed by atoms with Gasteiger partial charge in [0.25, 0.3) is 5.91 Å². The average molecular weight is 560 g/mol. The van der Waals surface area contributed by atoms with E-state index in [2.05, 4.69) is 41.0 Å². The second kappa shape index (κ2) is 10.8. The SMILES string of the molecule is O=C1NC(O)CCC1N1Cc2c(SCc3ccc(CCNCC45CC6CC(CC(C6)C4)C5)cc3)cccc2C1=O. The lowest BCUT2D eigenvalue weighted by Crippen LogP contribution is -2.54. The summed E-state index contributed by atoms with van der Waals surface area (Å²) in [4.78, 5) is 28.3. The Kier molecular flexibility index (Phi) is 7.17. The summed E-state index contributed by atoms with van der Waals surface area (Å²) in [5.74, 6) is 3.53. The molecule has 2 aliphatic heterocycles. The Morgan fingerprint density at radius 1 is 0.950 bits per heavy atom. The van der Waals surface area contributed by atoms with Crippen LogP contribution in [-0.2, 0) is 23.5 Å². The molecule has 7 heteroatoms. The van der Waals surface area contributed by atoms with E-state index >= 15 is 0 Å². The van der Waals surface area contributed by atoms with Crippen molar-refractivity contribution in [3.05, 3.63) is 64.7 Å². The van der Waals surface area contributed by atoms with Gasteiger partial charge in [-0.15, -0.1) is 11.8 Å². The van der Waals surface area contributed by atoms with Gasteiger partial charge < -0.3 is 20.6 Å². The standard InChI is InChI=1S/C33H41N3O3S/c37-30-9-8-28(31(38)35-30)36-18-27-26(32(36)39)2-1-3-29(27)40-19-22-6-4-21(5-7-22)10-11-34-20-33-15-23-12-24(16-33)14-25(13-23)17-33/h1-7,23-25,28,30,34,37H,8-20H2,(H,35,38). The lowest BCUT2D eigenvalue weighted by molar-refractivity contribution is -0.132. The van der Waals surface area contributed by atoms with Gasteiger partial charge in [0.05, 0.1) is 0 Å². The molecule has 2 aromatic carbocycles. The molecule has 2 amide bonds. The van der Waals surface area contributed by atoms with Gasteiger partial charge in [-0.1, -0.05) is 30.3 Å². The summed E-state index contributed by atoms with van der Waals surface area (Å²) in [6.45, 7) is 2.70. The number of fused-ring (bicyclic) bond motifs is 1. The van der Waals surface area contributed by atoms with E-state index in [-0.39, 0.29) is 11.8 Å². The summed E-state index contributed by atoms with van der Waals surface area (Å²) < 4.78 is 0. The summed E-state index contributed by atoms with van der Waals surface area (Å²) >= 11 is 1.75. The van der Waals surface area contributed by atoms with E-state index in [0.717, 1.165) is 46.9 Å². The normalized spacial score (nSPS) is 32.4. The summed E-state index contributed by atoms with van der Waals surface area (Å²) in [7, 11) is 0. The predicted molar refractivity (Wildman–Crippen MR) is 157 cm³/mol. The number of carbonyl (C=O) groups is 2. The zero-order valence-corrected chi connectivity index (χ0v) is 24.1. The van der Waals surface area contributed by atoms with E-state index < -0.39 is 12.3 Å². The minimum atomic E-state index is -0.816. The van der Waals surface area contributed by atoms with Crippen LogP contribution in [0.1, 0.15) is 78.4 Å². The smallest absolute Gasteiger partial charge is 0.255 e. The number of hydrogen-bond donors (Lipinski definition) is 3. The van der Waals surface area contributed by atoms with Crippen molar-refractivity contribution in [3.63, 3.8) is 0 Å². The average Bonchev–Trinajstić information content (AvgIpc) is 3.26. The molecule has 2 heterocycles. The third-order valence-corrected chi connectivity index (χ3v) is 11.5. The Balaban J connectivity index is 0.907. The van der Waals surface area contributed by atoms with Crippen molar-refractivity contribution in [3.8, 4) is 0 Å². The van der Waals surface area contributed by atoms with Gasteiger partial charge in [0.1, 0.15) is 12.3 Å². The van der Waals surface area contributed by atoms with Gasteiger partial charge in [-0.2, -0.15) is 0 Å². The maximum absolute atomic E-state index is 13.1. The zero-order chi connectivity index (χ0) is 27.3. The highest BCUT2D eigenvalue weighted by molar-refractivity contribution is 7.98. The molecule has 3 N–H and O–H groups in total. The van der Waals surface area contributed by atoms with Crippen molar-refractivity contribution in [2.45, 2.75) is 87.3 Å². The number of aliphatic hydroxyl groups excluding tert-OH is 1. The lowest BCUT2D eigenvalue weighted by atomic mass is 9.49. The molecule has 4 bridgehead atoms. The van der Waals surface area contributed by atoms with Crippen molar-refractivity contribution in [2.75, 3.05) is 13.1 Å². The third-order valence-electron chi connectivity index (χ3n) is 10.3. The van der Waals surface area contributed by atoms with Crippen LogP contribution in [0.15, 0.2) is 47.4 Å². The molecular formula is C33H41N3O3S. The highest BCUT2D eigenvalue weighted by atomic mass is 32.2. The summed E-state index contributed by atoms with van der Waals surface area (Å²) in [6, 6.07) is 14.4. The summed E-state index contributed by atoms with van der Waals surface area (Å²) in [5, 5.41) is 16.1. The Labute approximate surface area is 241 Å². The predicted octanol–water partition coefficient (Wildman–Crippen LogP) is 4.88. The first-order valence-electron chi connectivity index (χ1n) is 15.3. The number of piperidine rings is 1. The molecule has 0 spiro atoms. The molecule has 6 aliphatic rings. The fraction of sp³-hybridized carbons (Fsp3) is 0.576. The van der Waals surface area contributed by atoms with Crippen molar-refractivity contribution in [1.29, 1.82) is 0 Å². The fourth-order valence-electron chi connectivity index (χ4n) is 8.85. The molecule has 0 radical (unpaired) electrons. The Hall–Kier alpha value is -2.35. The number of aliphatic hydroxyl groups is 1. The van der Waals surface area contributed by atoms with Gasteiger partial charge in [0.2, 0.25) is 5.91 Å². The Morgan fingerprint density at radius 3 is 2.35 bits per heavy atom. The largest absolute Gasteiger partial charge is 0.374 e. The number of rotatable bonds is 9. The molecule has 8 rings (SSSR count). The highest BCUT2D eigenvalue weighted by Crippen LogP contribution is 2.59. The lowest BCUT2D eigenvalue weighted by Gasteiger charge is -2.57. The molecule has 4 saturated carbocycles. The number of carbonyl (C=O) groups excluding carboxylic acids is 2. The van der Waals surface area contributed by atoms with Crippen LogP contribution in [0, 0.1) is 23.2 Å². The van der Waals surface area contributed by atoms with E-state index in [4.69, 9.17) is 0 Å².